The van der Waals surface area contributed by atoms with Gasteiger partial charge in [-0.15, -0.1) is 11.3 Å². The van der Waals surface area contributed by atoms with Crippen LogP contribution in [0.2, 0.25) is 0 Å². The van der Waals surface area contributed by atoms with Crippen LogP contribution in [0.5, 0.6) is 0 Å². The van der Waals surface area contributed by atoms with E-state index in [4.69, 9.17) is 9.47 Å². The van der Waals surface area contributed by atoms with Crippen LogP contribution < -0.4 is 0 Å². The second-order valence-corrected chi connectivity index (χ2v) is 5.25. The van der Waals surface area contributed by atoms with Crippen LogP contribution in [0.4, 0.5) is 0 Å². The number of allylic oxidation sites excluding steroid dienone is 1. The molecule has 114 valence electrons. The molecule has 1 rings (SSSR count). The van der Waals surface area contributed by atoms with Crippen LogP contribution in [0.1, 0.15) is 29.3 Å². The molecule has 0 radical (unpaired) electrons. The number of Topliss-reactive ketones (excluding diaryl/α,β-unsaturated/α-hetero) is 1. The van der Waals surface area contributed by atoms with Gasteiger partial charge in [0, 0.05) is 31.4 Å². The predicted molar refractivity (Wildman–Crippen MR) is 82.3 cm³/mol. The minimum atomic E-state index is -0.265. The van der Waals surface area contributed by atoms with Crippen molar-refractivity contribution >= 4 is 29.5 Å². The summed E-state index contributed by atoms with van der Waals surface area (Å²) in [4.78, 5) is 26.0. The molecule has 0 saturated carbocycles. The summed E-state index contributed by atoms with van der Waals surface area (Å²) < 4.78 is 10.6. The second kappa shape index (κ2) is 8.49. The van der Waals surface area contributed by atoms with E-state index in [1.165, 1.54) is 31.4 Å². The summed E-state index contributed by atoms with van der Waals surface area (Å²) in [5.41, 5.74) is 0.706. The Labute approximate surface area is 128 Å². The van der Waals surface area contributed by atoms with Gasteiger partial charge in [-0.1, -0.05) is 13.0 Å². The van der Waals surface area contributed by atoms with Crippen LogP contribution >= 0.6 is 11.3 Å². The molecule has 1 heterocycles. The lowest BCUT2D eigenvalue weighted by Gasteiger charge is -2.21. The first kappa shape index (κ1) is 17.3. The van der Waals surface area contributed by atoms with Crippen molar-refractivity contribution in [1.82, 2.24) is 4.98 Å². The summed E-state index contributed by atoms with van der Waals surface area (Å²) in [6.07, 6.45) is 5.42. The molecule has 0 aromatic carbocycles. The maximum Gasteiger partial charge on any atom is 0.188 e. The molecule has 0 aliphatic carbocycles. The van der Waals surface area contributed by atoms with Gasteiger partial charge in [-0.25, -0.2) is 4.98 Å². The molecule has 0 spiro atoms. The molecule has 0 fully saturated rings. The van der Waals surface area contributed by atoms with E-state index in [1.54, 1.807) is 13.2 Å². The first-order valence-electron chi connectivity index (χ1n) is 6.40. The fraction of sp³-hybridized carbons (Fsp3) is 0.400. The largest absolute Gasteiger partial charge is 0.501 e. The molecule has 1 aromatic rings. The lowest BCUT2D eigenvalue weighted by Crippen LogP contribution is -2.20. The summed E-state index contributed by atoms with van der Waals surface area (Å²) in [5.74, 6) is 0.378. The number of aromatic nitrogens is 1. The number of ether oxygens (including phenoxy) is 2. The summed E-state index contributed by atoms with van der Waals surface area (Å²) in [6, 6.07) is 0. The van der Waals surface area contributed by atoms with E-state index in [2.05, 4.69) is 4.98 Å². The van der Waals surface area contributed by atoms with Crippen molar-refractivity contribution in [3.8, 4) is 0 Å². The molecule has 0 aliphatic rings. The minimum Gasteiger partial charge on any atom is -0.501 e. The zero-order valence-corrected chi connectivity index (χ0v) is 13.3. The van der Waals surface area contributed by atoms with E-state index in [0.717, 1.165) is 0 Å². The van der Waals surface area contributed by atoms with E-state index in [0.29, 0.717) is 22.7 Å². The molecule has 0 aliphatic heterocycles. The number of carbonyl (C=O) groups is 2. The van der Waals surface area contributed by atoms with Crippen molar-refractivity contribution in [2.75, 3.05) is 14.2 Å². The normalized spacial score (nSPS) is 15.0. The highest BCUT2D eigenvalue weighted by molar-refractivity contribution is 7.11. The molecule has 0 amide bonds. The van der Waals surface area contributed by atoms with Crippen molar-refractivity contribution < 1.29 is 19.1 Å². The number of hydrogen-bond donors (Lipinski definition) is 0. The van der Waals surface area contributed by atoms with Crippen LogP contribution in [0, 0.1) is 5.92 Å². The molecule has 21 heavy (non-hydrogen) atoms. The van der Waals surface area contributed by atoms with Gasteiger partial charge >= 0.3 is 0 Å². The number of thiazole rings is 1. The zero-order chi connectivity index (χ0) is 15.8. The number of rotatable bonds is 8. The van der Waals surface area contributed by atoms with E-state index >= 15 is 0 Å². The van der Waals surface area contributed by atoms with Gasteiger partial charge in [-0.3, -0.25) is 9.59 Å². The Morgan fingerprint density at radius 3 is 2.62 bits per heavy atom. The third-order valence-corrected chi connectivity index (χ3v) is 3.92. The van der Waals surface area contributed by atoms with E-state index in [-0.39, 0.29) is 17.8 Å². The Morgan fingerprint density at radius 2 is 2.14 bits per heavy atom. The highest BCUT2D eigenvalue weighted by atomic mass is 32.1. The van der Waals surface area contributed by atoms with Gasteiger partial charge in [0.25, 0.3) is 0 Å². The Hall–Kier alpha value is -1.79. The lowest BCUT2D eigenvalue weighted by molar-refractivity contribution is -0.104. The molecular formula is C15H19NO4S. The number of nitrogens with zero attached hydrogens (tertiary/aromatic N) is 1. The van der Waals surface area contributed by atoms with Crippen LogP contribution in [0.3, 0.4) is 0 Å². The van der Waals surface area contributed by atoms with E-state index in [9.17, 15) is 9.59 Å². The van der Waals surface area contributed by atoms with Crippen molar-refractivity contribution in [3.05, 3.63) is 34.0 Å². The predicted octanol–water partition coefficient (Wildman–Crippen LogP) is 2.74. The van der Waals surface area contributed by atoms with Crippen molar-refractivity contribution in [3.63, 3.8) is 0 Å². The number of methoxy groups -OCH3 is 2. The van der Waals surface area contributed by atoms with Crippen LogP contribution in [0.15, 0.2) is 23.3 Å². The molecule has 1 aromatic heterocycles. The second-order valence-electron chi connectivity index (χ2n) is 4.39. The van der Waals surface area contributed by atoms with Crippen molar-refractivity contribution in [2.45, 2.75) is 20.0 Å². The van der Waals surface area contributed by atoms with Gasteiger partial charge in [-0.2, -0.15) is 0 Å². The van der Waals surface area contributed by atoms with Crippen LogP contribution in [-0.4, -0.2) is 37.4 Å². The average molecular weight is 309 g/mol. The Balaban J connectivity index is 2.85. The standard InChI is InChI=1S/C15H19NO4S/c1-10(14(20-4)7-8-17)13(19-3)6-5-12-9-21-15(16-12)11(2)18/h5-10,13H,1-4H3/b6-5+,14-7+. The fourth-order valence-corrected chi connectivity index (χ4v) is 2.49. The van der Waals surface area contributed by atoms with Gasteiger partial charge in [0.2, 0.25) is 0 Å². The monoisotopic (exact) mass is 309 g/mol. The van der Waals surface area contributed by atoms with Gasteiger partial charge in [-0.05, 0) is 6.08 Å². The number of hydrogen-bond acceptors (Lipinski definition) is 6. The quantitative estimate of drug-likeness (QED) is 0.320. The Bertz CT molecular complexity index is 548. The molecule has 0 bridgehead atoms. The summed E-state index contributed by atoms with van der Waals surface area (Å²) in [5, 5.41) is 2.29. The topological polar surface area (TPSA) is 65.5 Å². The number of ketones is 1. The molecule has 0 saturated heterocycles. The smallest absolute Gasteiger partial charge is 0.188 e. The first-order chi connectivity index (χ1) is 10.0. The van der Waals surface area contributed by atoms with Crippen LogP contribution in [0.25, 0.3) is 6.08 Å². The molecular weight excluding hydrogens is 290 g/mol. The lowest BCUT2D eigenvalue weighted by atomic mass is 10.0. The van der Waals surface area contributed by atoms with Crippen LogP contribution in [-0.2, 0) is 14.3 Å². The van der Waals surface area contributed by atoms with Gasteiger partial charge in [0.05, 0.1) is 18.9 Å². The summed E-state index contributed by atoms with van der Waals surface area (Å²) in [7, 11) is 3.10. The highest BCUT2D eigenvalue weighted by Gasteiger charge is 2.19. The molecule has 6 heteroatoms. The first-order valence-corrected chi connectivity index (χ1v) is 7.28. The number of aldehydes is 1. The third-order valence-electron chi connectivity index (χ3n) is 2.96. The highest BCUT2D eigenvalue weighted by Crippen LogP contribution is 2.20. The maximum absolute atomic E-state index is 11.2. The van der Waals surface area contributed by atoms with Crippen molar-refractivity contribution in [2.24, 2.45) is 5.92 Å². The van der Waals surface area contributed by atoms with Crippen molar-refractivity contribution in [1.29, 1.82) is 0 Å². The molecule has 2 unspecified atom stereocenters. The van der Waals surface area contributed by atoms with E-state index < -0.39 is 0 Å². The Morgan fingerprint density at radius 1 is 1.43 bits per heavy atom. The fourth-order valence-electron chi connectivity index (χ4n) is 1.80. The molecule has 2 atom stereocenters. The number of carbonyl (C=O) groups excluding carboxylic acids is 2. The third kappa shape index (κ3) is 4.91. The molecule has 0 N–H and O–H groups in total. The van der Waals surface area contributed by atoms with Gasteiger partial charge in [0.15, 0.2) is 10.8 Å². The van der Waals surface area contributed by atoms with E-state index in [1.807, 2.05) is 18.4 Å². The zero-order valence-electron chi connectivity index (χ0n) is 12.5. The summed E-state index contributed by atoms with van der Waals surface area (Å²) in [6.45, 7) is 3.39. The Kier molecular flexibility index (Phi) is 6.98. The van der Waals surface area contributed by atoms with Gasteiger partial charge in [0.1, 0.15) is 12.0 Å². The average Bonchev–Trinajstić information content (AvgIpc) is 2.94. The maximum atomic E-state index is 11.2. The molecule has 5 nitrogen and oxygen atoms in total. The van der Waals surface area contributed by atoms with Gasteiger partial charge < -0.3 is 9.47 Å². The summed E-state index contributed by atoms with van der Waals surface area (Å²) >= 11 is 1.31. The minimum absolute atomic E-state index is 0.0492. The SMILES string of the molecule is CO/C(=C/C=O)C(C)C(/C=C/c1csc(C(C)=O)n1)OC.